The molecule has 1 unspecified atom stereocenters. The molecule has 1 heterocycles. The first-order valence-corrected chi connectivity index (χ1v) is 6.41. The third-order valence-corrected chi connectivity index (χ3v) is 3.83. The lowest BCUT2D eigenvalue weighted by Crippen LogP contribution is -2.60. The van der Waals surface area contributed by atoms with E-state index < -0.39 is 0 Å². The summed E-state index contributed by atoms with van der Waals surface area (Å²) in [7, 11) is 0. The maximum Gasteiger partial charge on any atom is 0.234 e. The molecule has 0 bridgehead atoms. The molecule has 0 aromatic rings. The first kappa shape index (κ1) is 14.4. The standard InChI is InChI=1S/C12H26N4O/c1-4-10(11(14)17)15-5-7-16(8-6-15)12(2,3)9-13/h10H,4-9,13H2,1-3H3,(H2,14,17). The molecule has 0 aliphatic carbocycles. The van der Waals surface area contributed by atoms with Crippen LogP contribution < -0.4 is 11.5 Å². The highest BCUT2D eigenvalue weighted by Crippen LogP contribution is 2.17. The number of hydrogen-bond donors (Lipinski definition) is 2. The SMILES string of the molecule is CCC(C(N)=O)N1CCN(C(C)(C)CN)CC1. The first-order valence-electron chi connectivity index (χ1n) is 6.41. The maximum atomic E-state index is 11.3. The van der Waals surface area contributed by atoms with Crippen molar-refractivity contribution < 1.29 is 4.79 Å². The van der Waals surface area contributed by atoms with Gasteiger partial charge in [0.1, 0.15) is 0 Å². The molecule has 1 aliphatic rings. The van der Waals surface area contributed by atoms with Crippen LogP contribution in [-0.2, 0) is 4.79 Å². The number of rotatable bonds is 5. The van der Waals surface area contributed by atoms with Gasteiger partial charge in [0.15, 0.2) is 0 Å². The van der Waals surface area contributed by atoms with Gasteiger partial charge < -0.3 is 11.5 Å². The first-order chi connectivity index (χ1) is 7.92. The minimum atomic E-state index is -0.209. The average Bonchev–Trinajstić information content (AvgIpc) is 2.30. The number of primary amides is 1. The smallest absolute Gasteiger partial charge is 0.234 e. The normalized spacial score (nSPS) is 21.4. The van der Waals surface area contributed by atoms with E-state index in [1.165, 1.54) is 0 Å². The van der Waals surface area contributed by atoms with Crippen molar-refractivity contribution >= 4 is 5.91 Å². The molecule has 0 aromatic heterocycles. The fourth-order valence-electron chi connectivity index (χ4n) is 2.41. The second kappa shape index (κ2) is 5.80. The Hall–Kier alpha value is -0.650. The van der Waals surface area contributed by atoms with E-state index in [1.54, 1.807) is 0 Å². The Morgan fingerprint density at radius 3 is 2.18 bits per heavy atom. The van der Waals surface area contributed by atoms with Crippen molar-refractivity contribution in [1.29, 1.82) is 0 Å². The van der Waals surface area contributed by atoms with Crippen LogP contribution in [0.5, 0.6) is 0 Å². The topological polar surface area (TPSA) is 75.6 Å². The van der Waals surface area contributed by atoms with Crippen molar-refractivity contribution in [2.24, 2.45) is 11.5 Å². The zero-order chi connectivity index (χ0) is 13.1. The minimum absolute atomic E-state index is 0.0422. The molecule has 0 spiro atoms. The zero-order valence-electron chi connectivity index (χ0n) is 11.3. The van der Waals surface area contributed by atoms with E-state index in [0.29, 0.717) is 6.54 Å². The molecule has 17 heavy (non-hydrogen) atoms. The van der Waals surface area contributed by atoms with Gasteiger partial charge in [0.05, 0.1) is 6.04 Å². The zero-order valence-corrected chi connectivity index (χ0v) is 11.3. The molecule has 5 heteroatoms. The monoisotopic (exact) mass is 242 g/mol. The van der Waals surface area contributed by atoms with E-state index in [1.807, 2.05) is 6.92 Å². The van der Waals surface area contributed by atoms with Crippen LogP contribution in [0.3, 0.4) is 0 Å². The highest BCUT2D eigenvalue weighted by atomic mass is 16.1. The van der Waals surface area contributed by atoms with Crippen molar-refractivity contribution in [2.75, 3.05) is 32.7 Å². The summed E-state index contributed by atoms with van der Waals surface area (Å²) in [5, 5.41) is 0. The van der Waals surface area contributed by atoms with Crippen LogP contribution >= 0.6 is 0 Å². The molecular weight excluding hydrogens is 216 g/mol. The van der Waals surface area contributed by atoms with Crippen LogP contribution in [0.25, 0.3) is 0 Å². The van der Waals surface area contributed by atoms with Gasteiger partial charge in [-0.2, -0.15) is 0 Å². The largest absolute Gasteiger partial charge is 0.368 e. The third-order valence-electron chi connectivity index (χ3n) is 3.83. The molecule has 4 N–H and O–H groups in total. The Bertz CT molecular complexity index is 259. The molecule has 1 fully saturated rings. The molecule has 0 radical (unpaired) electrons. The highest BCUT2D eigenvalue weighted by Gasteiger charge is 2.31. The number of carbonyl (C=O) groups is 1. The number of piperazine rings is 1. The summed E-state index contributed by atoms with van der Waals surface area (Å²) < 4.78 is 0. The third kappa shape index (κ3) is 3.40. The molecule has 1 atom stereocenters. The number of nitrogens with zero attached hydrogens (tertiary/aromatic N) is 2. The van der Waals surface area contributed by atoms with Crippen molar-refractivity contribution in [3.05, 3.63) is 0 Å². The van der Waals surface area contributed by atoms with E-state index in [2.05, 4.69) is 23.6 Å². The molecule has 0 aromatic carbocycles. The van der Waals surface area contributed by atoms with Crippen LogP contribution in [0.15, 0.2) is 0 Å². The summed E-state index contributed by atoms with van der Waals surface area (Å²) >= 11 is 0. The van der Waals surface area contributed by atoms with Crippen LogP contribution in [0.1, 0.15) is 27.2 Å². The van der Waals surface area contributed by atoms with Gasteiger partial charge in [0.2, 0.25) is 5.91 Å². The summed E-state index contributed by atoms with van der Waals surface area (Å²) in [5.74, 6) is -0.209. The lowest BCUT2D eigenvalue weighted by Gasteiger charge is -2.45. The molecule has 100 valence electrons. The Morgan fingerprint density at radius 1 is 1.29 bits per heavy atom. The Balaban J connectivity index is 2.53. The molecular formula is C12H26N4O. The van der Waals surface area contributed by atoms with Crippen LogP contribution in [0.2, 0.25) is 0 Å². The summed E-state index contributed by atoms with van der Waals surface area (Å²) in [5.41, 5.74) is 11.2. The van der Waals surface area contributed by atoms with Gasteiger partial charge in [0, 0.05) is 38.3 Å². The minimum Gasteiger partial charge on any atom is -0.368 e. The number of hydrogen-bond acceptors (Lipinski definition) is 4. The van der Waals surface area contributed by atoms with Gasteiger partial charge in [-0.25, -0.2) is 0 Å². The van der Waals surface area contributed by atoms with E-state index in [-0.39, 0.29) is 17.5 Å². The molecule has 1 rings (SSSR count). The Labute approximate surface area is 104 Å². The van der Waals surface area contributed by atoms with Gasteiger partial charge in [-0.15, -0.1) is 0 Å². The van der Waals surface area contributed by atoms with E-state index in [4.69, 9.17) is 11.5 Å². The second-order valence-corrected chi connectivity index (χ2v) is 5.37. The van der Waals surface area contributed by atoms with Gasteiger partial charge in [-0.3, -0.25) is 14.6 Å². The van der Waals surface area contributed by atoms with Crippen molar-refractivity contribution in [1.82, 2.24) is 9.80 Å². The quantitative estimate of drug-likeness (QED) is 0.688. The summed E-state index contributed by atoms with van der Waals surface area (Å²) in [6.07, 6.45) is 0.787. The fraction of sp³-hybridized carbons (Fsp3) is 0.917. The maximum absolute atomic E-state index is 11.3. The van der Waals surface area contributed by atoms with Gasteiger partial charge in [-0.1, -0.05) is 6.92 Å². The molecule has 1 amide bonds. The fourth-order valence-corrected chi connectivity index (χ4v) is 2.41. The summed E-state index contributed by atoms with van der Waals surface area (Å²) in [6.45, 7) is 10.7. The van der Waals surface area contributed by atoms with Gasteiger partial charge in [0.25, 0.3) is 0 Å². The number of nitrogens with two attached hydrogens (primary N) is 2. The summed E-state index contributed by atoms with van der Waals surface area (Å²) in [6, 6.07) is -0.113. The second-order valence-electron chi connectivity index (χ2n) is 5.37. The van der Waals surface area contributed by atoms with E-state index in [9.17, 15) is 4.79 Å². The van der Waals surface area contributed by atoms with Crippen LogP contribution in [-0.4, -0.2) is 60.0 Å². The lowest BCUT2D eigenvalue weighted by molar-refractivity contribution is -0.124. The molecule has 1 aliphatic heterocycles. The molecule has 0 saturated carbocycles. The van der Waals surface area contributed by atoms with Gasteiger partial charge >= 0.3 is 0 Å². The highest BCUT2D eigenvalue weighted by molar-refractivity contribution is 5.79. The lowest BCUT2D eigenvalue weighted by atomic mass is 10.0. The van der Waals surface area contributed by atoms with Crippen molar-refractivity contribution in [2.45, 2.75) is 38.8 Å². The predicted octanol–water partition coefficient (Wildman–Crippen LogP) is -0.395. The van der Waals surface area contributed by atoms with E-state index >= 15 is 0 Å². The van der Waals surface area contributed by atoms with Crippen LogP contribution in [0, 0.1) is 0 Å². The van der Waals surface area contributed by atoms with Crippen LogP contribution in [0.4, 0.5) is 0 Å². The van der Waals surface area contributed by atoms with Crippen molar-refractivity contribution in [3.63, 3.8) is 0 Å². The van der Waals surface area contributed by atoms with Gasteiger partial charge in [-0.05, 0) is 20.3 Å². The average molecular weight is 242 g/mol. The Morgan fingerprint density at radius 2 is 1.82 bits per heavy atom. The van der Waals surface area contributed by atoms with Crippen molar-refractivity contribution in [3.8, 4) is 0 Å². The molecule has 1 saturated heterocycles. The van der Waals surface area contributed by atoms with E-state index in [0.717, 1.165) is 32.6 Å². The number of amides is 1. The summed E-state index contributed by atoms with van der Waals surface area (Å²) in [4.78, 5) is 15.9. The predicted molar refractivity (Wildman–Crippen MR) is 69.6 cm³/mol. The number of carbonyl (C=O) groups excluding carboxylic acids is 1. The molecule has 5 nitrogen and oxygen atoms in total. The Kier molecular flexibility index (Phi) is 4.91.